The molecule has 22 heavy (non-hydrogen) atoms. The van der Waals surface area contributed by atoms with E-state index in [9.17, 15) is 9.90 Å². The van der Waals surface area contributed by atoms with Crippen molar-refractivity contribution in [3.05, 3.63) is 42.7 Å². The zero-order valence-corrected chi connectivity index (χ0v) is 12.3. The summed E-state index contributed by atoms with van der Waals surface area (Å²) in [5.41, 5.74) is 1.59. The molecule has 0 saturated heterocycles. The summed E-state index contributed by atoms with van der Waals surface area (Å²) in [7, 11) is 0. The highest BCUT2D eigenvalue weighted by Gasteiger charge is 2.20. The summed E-state index contributed by atoms with van der Waals surface area (Å²) < 4.78 is 1.71. The lowest BCUT2D eigenvalue weighted by molar-refractivity contribution is 0.118. The molecule has 1 fully saturated rings. The van der Waals surface area contributed by atoms with Crippen LogP contribution in [0, 0.1) is 0 Å². The molecule has 1 aliphatic rings. The molecule has 1 aromatic carbocycles. The molecule has 0 spiro atoms. The quantitative estimate of drug-likeness (QED) is 0.813. The second kappa shape index (κ2) is 6.62. The van der Waals surface area contributed by atoms with Gasteiger partial charge in [0.1, 0.15) is 0 Å². The van der Waals surface area contributed by atoms with Crippen molar-refractivity contribution in [1.82, 2.24) is 15.1 Å². The van der Waals surface area contributed by atoms with E-state index in [1.165, 1.54) is 0 Å². The van der Waals surface area contributed by atoms with Crippen LogP contribution in [0.4, 0.5) is 10.5 Å². The topological polar surface area (TPSA) is 79.2 Å². The van der Waals surface area contributed by atoms with E-state index >= 15 is 0 Å². The van der Waals surface area contributed by atoms with Gasteiger partial charge in [0.2, 0.25) is 0 Å². The molecule has 2 amide bonds. The summed E-state index contributed by atoms with van der Waals surface area (Å²) in [6, 6.07) is 9.62. The maximum absolute atomic E-state index is 12.0. The zero-order valence-electron chi connectivity index (χ0n) is 12.3. The monoisotopic (exact) mass is 300 g/mol. The molecule has 1 aromatic heterocycles. The Labute approximate surface area is 129 Å². The number of rotatable bonds is 3. The van der Waals surface area contributed by atoms with E-state index in [1.54, 1.807) is 17.1 Å². The van der Waals surface area contributed by atoms with Crippen LogP contribution in [0.2, 0.25) is 0 Å². The fourth-order valence-corrected chi connectivity index (χ4v) is 2.68. The molecule has 6 nitrogen and oxygen atoms in total. The average Bonchev–Trinajstić information content (AvgIpc) is 2.99. The molecule has 2 aromatic rings. The summed E-state index contributed by atoms with van der Waals surface area (Å²) in [6.45, 7) is 0. The lowest BCUT2D eigenvalue weighted by atomic mass is 9.93. The standard InChI is InChI=1S/C16H20N4O2/c21-15-8-6-12(7-9-15)18-16(22)19-13-10-17-20(11-13)14-4-2-1-3-5-14/h1-5,10-12,15,21H,6-9H2,(H2,18,19,22). The Morgan fingerprint density at radius 3 is 2.64 bits per heavy atom. The first-order valence-electron chi connectivity index (χ1n) is 7.56. The number of aromatic nitrogens is 2. The number of anilines is 1. The summed E-state index contributed by atoms with van der Waals surface area (Å²) in [4.78, 5) is 12.0. The molecule has 0 aliphatic heterocycles. The highest BCUT2D eigenvalue weighted by atomic mass is 16.3. The van der Waals surface area contributed by atoms with Crippen LogP contribution in [0.25, 0.3) is 5.69 Å². The van der Waals surface area contributed by atoms with Gasteiger partial charge in [-0.2, -0.15) is 5.10 Å². The van der Waals surface area contributed by atoms with Crippen LogP contribution in [0.1, 0.15) is 25.7 Å². The number of urea groups is 1. The molecular formula is C16H20N4O2. The predicted octanol–water partition coefficient (Wildman–Crippen LogP) is 2.30. The van der Waals surface area contributed by atoms with Gasteiger partial charge in [0.15, 0.2) is 0 Å². The van der Waals surface area contributed by atoms with E-state index in [-0.39, 0.29) is 18.2 Å². The smallest absolute Gasteiger partial charge is 0.319 e. The number of carbonyl (C=O) groups excluding carboxylic acids is 1. The Morgan fingerprint density at radius 1 is 1.18 bits per heavy atom. The highest BCUT2D eigenvalue weighted by Crippen LogP contribution is 2.18. The molecule has 0 radical (unpaired) electrons. The molecule has 1 heterocycles. The molecule has 1 aliphatic carbocycles. The number of nitrogens with one attached hydrogen (secondary N) is 2. The van der Waals surface area contributed by atoms with Crippen molar-refractivity contribution in [1.29, 1.82) is 0 Å². The van der Waals surface area contributed by atoms with E-state index < -0.39 is 0 Å². The van der Waals surface area contributed by atoms with Crippen molar-refractivity contribution in [2.75, 3.05) is 5.32 Å². The van der Waals surface area contributed by atoms with Crippen molar-refractivity contribution >= 4 is 11.7 Å². The maximum atomic E-state index is 12.0. The Bertz CT molecular complexity index is 618. The van der Waals surface area contributed by atoms with Gasteiger partial charge in [-0.3, -0.25) is 0 Å². The molecule has 1 saturated carbocycles. The van der Waals surface area contributed by atoms with Crippen molar-refractivity contribution in [3.63, 3.8) is 0 Å². The van der Waals surface area contributed by atoms with Crippen LogP contribution in [0.3, 0.4) is 0 Å². The van der Waals surface area contributed by atoms with Gasteiger partial charge in [-0.15, -0.1) is 0 Å². The van der Waals surface area contributed by atoms with Crippen LogP contribution in [0.15, 0.2) is 42.7 Å². The number of nitrogens with zero attached hydrogens (tertiary/aromatic N) is 2. The Hall–Kier alpha value is -2.34. The first kappa shape index (κ1) is 14.6. The number of para-hydroxylation sites is 1. The van der Waals surface area contributed by atoms with Crippen molar-refractivity contribution in [2.24, 2.45) is 0 Å². The number of benzene rings is 1. The largest absolute Gasteiger partial charge is 0.393 e. The van der Waals surface area contributed by atoms with Gasteiger partial charge < -0.3 is 15.7 Å². The zero-order chi connectivity index (χ0) is 15.4. The number of aliphatic hydroxyl groups is 1. The summed E-state index contributed by atoms with van der Waals surface area (Å²) >= 11 is 0. The van der Waals surface area contributed by atoms with Crippen LogP contribution in [0.5, 0.6) is 0 Å². The van der Waals surface area contributed by atoms with Gasteiger partial charge >= 0.3 is 6.03 Å². The minimum atomic E-state index is -0.228. The van der Waals surface area contributed by atoms with E-state index in [2.05, 4.69) is 15.7 Å². The molecule has 0 bridgehead atoms. The first-order valence-corrected chi connectivity index (χ1v) is 7.56. The van der Waals surface area contributed by atoms with Gasteiger partial charge in [0.25, 0.3) is 0 Å². The average molecular weight is 300 g/mol. The Morgan fingerprint density at radius 2 is 1.91 bits per heavy atom. The van der Waals surface area contributed by atoms with Crippen LogP contribution in [-0.4, -0.2) is 33.1 Å². The van der Waals surface area contributed by atoms with E-state index in [1.807, 2.05) is 30.3 Å². The number of carbonyl (C=O) groups is 1. The van der Waals surface area contributed by atoms with E-state index in [0.29, 0.717) is 5.69 Å². The maximum Gasteiger partial charge on any atom is 0.319 e. The fourth-order valence-electron chi connectivity index (χ4n) is 2.68. The van der Waals surface area contributed by atoms with Crippen molar-refractivity contribution < 1.29 is 9.90 Å². The SMILES string of the molecule is O=C(Nc1cnn(-c2ccccc2)c1)NC1CCC(O)CC1. The third-order valence-electron chi connectivity index (χ3n) is 3.89. The molecule has 3 N–H and O–H groups in total. The van der Waals surface area contributed by atoms with Crippen LogP contribution < -0.4 is 10.6 Å². The highest BCUT2D eigenvalue weighted by molar-refractivity contribution is 5.89. The Balaban J connectivity index is 1.55. The van der Waals surface area contributed by atoms with Crippen molar-refractivity contribution in [3.8, 4) is 5.69 Å². The number of amides is 2. The van der Waals surface area contributed by atoms with Gasteiger partial charge in [-0.25, -0.2) is 9.48 Å². The predicted molar refractivity (Wildman–Crippen MR) is 84.0 cm³/mol. The molecule has 3 rings (SSSR count). The molecule has 6 heteroatoms. The first-order chi connectivity index (χ1) is 10.7. The number of hydrogen-bond donors (Lipinski definition) is 3. The fraction of sp³-hybridized carbons (Fsp3) is 0.375. The van der Waals surface area contributed by atoms with E-state index in [4.69, 9.17) is 0 Å². The van der Waals surface area contributed by atoms with E-state index in [0.717, 1.165) is 31.4 Å². The van der Waals surface area contributed by atoms with Gasteiger partial charge in [-0.1, -0.05) is 18.2 Å². The van der Waals surface area contributed by atoms with Gasteiger partial charge in [0, 0.05) is 6.04 Å². The summed E-state index contributed by atoms with van der Waals surface area (Å²) in [5.74, 6) is 0. The second-order valence-electron chi connectivity index (χ2n) is 5.61. The molecular weight excluding hydrogens is 280 g/mol. The van der Waals surface area contributed by atoms with Gasteiger partial charge in [0.05, 0.1) is 29.9 Å². The van der Waals surface area contributed by atoms with Crippen LogP contribution >= 0.6 is 0 Å². The second-order valence-corrected chi connectivity index (χ2v) is 5.61. The third-order valence-corrected chi connectivity index (χ3v) is 3.89. The number of hydrogen-bond acceptors (Lipinski definition) is 3. The lowest BCUT2D eigenvalue weighted by Crippen LogP contribution is -2.40. The van der Waals surface area contributed by atoms with Crippen LogP contribution in [-0.2, 0) is 0 Å². The summed E-state index contributed by atoms with van der Waals surface area (Å²) in [6.07, 6.45) is 6.31. The molecule has 0 unspecified atom stereocenters. The van der Waals surface area contributed by atoms with Crippen molar-refractivity contribution in [2.45, 2.75) is 37.8 Å². The number of aliphatic hydroxyl groups excluding tert-OH is 1. The minimum absolute atomic E-state index is 0.132. The normalized spacial score (nSPS) is 21.3. The Kier molecular flexibility index (Phi) is 4.39. The molecule has 0 atom stereocenters. The summed E-state index contributed by atoms with van der Waals surface area (Å²) in [5, 5.41) is 19.4. The third kappa shape index (κ3) is 3.65. The minimum Gasteiger partial charge on any atom is -0.393 e. The van der Waals surface area contributed by atoms with Gasteiger partial charge in [-0.05, 0) is 37.8 Å². The molecule has 116 valence electrons. The lowest BCUT2D eigenvalue weighted by Gasteiger charge is -2.26.